The van der Waals surface area contributed by atoms with E-state index in [0.29, 0.717) is 40.4 Å². The van der Waals surface area contributed by atoms with Crippen molar-refractivity contribution in [2.24, 2.45) is 7.05 Å². The summed E-state index contributed by atoms with van der Waals surface area (Å²) in [7, 11) is -2.45. The number of fused-ring (bicyclic) bond motifs is 1. The minimum Gasteiger partial charge on any atom is -0.493 e. The van der Waals surface area contributed by atoms with Gasteiger partial charge in [-0.3, -0.25) is 9.58 Å². The summed E-state index contributed by atoms with van der Waals surface area (Å²) in [6, 6.07) is 4.38. The molecule has 196 valence electrons. The van der Waals surface area contributed by atoms with Crippen molar-refractivity contribution < 1.29 is 23.4 Å². The number of aliphatic hydroxyl groups is 2. The summed E-state index contributed by atoms with van der Waals surface area (Å²) in [5.74, 6) is 0.766. The molecule has 11 nitrogen and oxygen atoms in total. The number of benzene rings is 1. The van der Waals surface area contributed by atoms with Crippen LogP contribution in [0.4, 0.5) is 0 Å². The molecule has 1 aliphatic heterocycles. The highest BCUT2D eigenvalue weighted by Crippen LogP contribution is 2.34. The van der Waals surface area contributed by atoms with Crippen LogP contribution in [0.2, 0.25) is 0 Å². The van der Waals surface area contributed by atoms with Gasteiger partial charge in [0.15, 0.2) is 4.64 Å². The third kappa shape index (κ3) is 4.78. The van der Waals surface area contributed by atoms with Gasteiger partial charge in [0.25, 0.3) is 0 Å². The van der Waals surface area contributed by atoms with E-state index >= 15 is 0 Å². The van der Waals surface area contributed by atoms with Gasteiger partial charge in [-0.1, -0.05) is 32.5 Å². The summed E-state index contributed by atoms with van der Waals surface area (Å²) in [5, 5.41) is 25.7. The summed E-state index contributed by atoms with van der Waals surface area (Å²) in [6.07, 6.45) is -1.15. The van der Waals surface area contributed by atoms with Crippen molar-refractivity contribution in [2.75, 3.05) is 26.2 Å². The molecule has 2 aromatic heterocycles. The SMILES string of the molecule is CCCc1nn(C)c2c(=S)nc(-c3cc(S(=O)(=O)N4C(O)CN(CC)CC4O)ccc3OCC)[nH]c12. The number of likely N-dealkylation sites (N-methyl/N-ethyl adjacent to an activating group) is 1. The van der Waals surface area contributed by atoms with Crippen LogP contribution in [0.1, 0.15) is 32.9 Å². The number of β-amino-alcohol motifs (C(OH)–C–C–N with tert-alkyl or cyclic N) is 2. The first-order chi connectivity index (χ1) is 17.1. The standard InChI is InChI=1S/C23H32N6O5S2/c1-5-8-16-20-21(27(4)26-16)23(35)25-22(24-20)15-11-14(9-10-17(15)34-7-3)36(32,33)29-18(30)12-28(6-2)13-19(29)31/h9-11,18-19,30-31H,5-8,12-13H2,1-4H3,(H,24,25,35). The van der Waals surface area contributed by atoms with Gasteiger partial charge in [-0.15, -0.1) is 4.31 Å². The fraction of sp³-hybridized carbons (Fsp3) is 0.522. The van der Waals surface area contributed by atoms with Gasteiger partial charge < -0.3 is 19.9 Å². The molecule has 1 aromatic carbocycles. The molecule has 0 amide bonds. The number of aromatic amines is 1. The van der Waals surface area contributed by atoms with E-state index in [4.69, 9.17) is 17.0 Å². The third-order valence-corrected chi connectivity index (χ3v) is 8.40. The highest BCUT2D eigenvalue weighted by molar-refractivity contribution is 7.89. The number of rotatable bonds is 8. The van der Waals surface area contributed by atoms with E-state index in [0.717, 1.165) is 28.4 Å². The zero-order chi connectivity index (χ0) is 26.2. The zero-order valence-electron chi connectivity index (χ0n) is 20.8. The second-order valence-corrected chi connectivity index (χ2v) is 10.9. The van der Waals surface area contributed by atoms with Gasteiger partial charge in [-0.25, -0.2) is 13.4 Å². The maximum Gasteiger partial charge on any atom is 0.247 e. The molecular weight excluding hydrogens is 504 g/mol. The Morgan fingerprint density at radius 3 is 2.50 bits per heavy atom. The van der Waals surface area contributed by atoms with E-state index < -0.39 is 22.5 Å². The highest BCUT2D eigenvalue weighted by Gasteiger charge is 2.41. The second kappa shape index (κ2) is 10.5. The van der Waals surface area contributed by atoms with Crippen LogP contribution < -0.4 is 4.74 Å². The Labute approximate surface area is 215 Å². The van der Waals surface area contributed by atoms with Crippen molar-refractivity contribution in [2.45, 2.75) is 51.0 Å². The summed E-state index contributed by atoms with van der Waals surface area (Å²) in [4.78, 5) is 9.51. The molecule has 4 rings (SSSR count). The Hall–Kier alpha value is -2.42. The zero-order valence-corrected chi connectivity index (χ0v) is 22.4. The van der Waals surface area contributed by atoms with Crippen LogP contribution in [0, 0.1) is 4.64 Å². The summed E-state index contributed by atoms with van der Waals surface area (Å²) >= 11 is 5.57. The van der Waals surface area contributed by atoms with Crippen molar-refractivity contribution >= 4 is 33.3 Å². The lowest BCUT2D eigenvalue weighted by Gasteiger charge is -2.40. The molecule has 1 aliphatic rings. The predicted octanol–water partition coefficient (Wildman–Crippen LogP) is 2.01. The molecule has 1 saturated heterocycles. The molecule has 3 aromatic rings. The van der Waals surface area contributed by atoms with Crippen LogP contribution in [0.15, 0.2) is 23.1 Å². The lowest BCUT2D eigenvalue weighted by Crippen LogP contribution is -2.60. The number of ether oxygens (including phenoxy) is 1. The first-order valence-electron chi connectivity index (χ1n) is 12.0. The molecule has 3 heterocycles. The lowest BCUT2D eigenvalue weighted by atomic mass is 10.1. The Kier molecular flexibility index (Phi) is 7.78. The highest BCUT2D eigenvalue weighted by atomic mass is 32.2. The number of hydrogen-bond acceptors (Lipinski definition) is 9. The molecule has 0 aliphatic carbocycles. The monoisotopic (exact) mass is 536 g/mol. The van der Waals surface area contributed by atoms with Crippen LogP contribution in [0.5, 0.6) is 5.75 Å². The molecule has 36 heavy (non-hydrogen) atoms. The Morgan fingerprint density at radius 1 is 1.19 bits per heavy atom. The number of hydrogen-bond donors (Lipinski definition) is 3. The average Bonchev–Trinajstić information content (AvgIpc) is 3.14. The van der Waals surface area contributed by atoms with Gasteiger partial charge in [-0.05, 0) is 38.1 Å². The van der Waals surface area contributed by atoms with Crippen molar-refractivity contribution in [3.05, 3.63) is 28.5 Å². The summed E-state index contributed by atoms with van der Waals surface area (Å²) in [5.41, 5.74) is 2.67. The van der Waals surface area contributed by atoms with E-state index in [1.54, 1.807) is 22.7 Å². The Morgan fingerprint density at radius 2 is 1.89 bits per heavy atom. The molecule has 13 heteroatoms. The number of sulfonamides is 1. The average molecular weight is 537 g/mol. The Bertz CT molecular complexity index is 1410. The first-order valence-corrected chi connectivity index (χ1v) is 13.8. The molecule has 0 bridgehead atoms. The van der Waals surface area contributed by atoms with Crippen molar-refractivity contribution in [3.63, 3.8) is 0 Å². The van der Waals surface area contributed by atoms with Gasteiger partial charge in [0.05, 0.1) is 28.3 Å². The Balaban J connectivity index is 1.85. The first kappa shape index (κ1) is 26.6. The van der Waals surface area contributed by atoms with Crippen LogP contribution in [0.25, 0.3) is 22.4 Å². The predicted molar refractivity (Wildman–Crippen MR) is 137 cm³/mol. The van der Waals surface area contributed by atoms with E-state index in [2.05, 4.69) is 22.0 Å². The van der Waals surface area contributed by atoms with Crippen molar-refractivity contribution in [1.29, 1.82) is 0 Å². The fourth-order valence-electron chi connectivity index (χ4n) is 4.53. The third-order valence-electron chi connectivity index (χ3n) is 6.22. The number of H-pyrrole nitrogens is 1. The summed E-state index contributed by atoms with van der Waals surface area (Å²) < 4.78 is 35.7. The van der Waals surface area contributed by atoms with Crippen LogP contribution in [-0.2, 0) is 23.5 Å². The smallest absolute Gasteiger partial charge is 0.247 e. The fourth-order valence-corrected chi connectivity index (χ4v) is 6.38. The number of piperazine rings is 1. The maximum absolute atomic E-state index is 13.6. The van der Waals surface area contributed by atoms with Crippen LogP contribution >= 0.6 is 12.2 Å². The largest absolute Gasteiger partial charge is 0.493 e. The van der Waals surface area contributed by atoms with E-state index in [-0.39, 0.29) is 18.0 Å². The molecule has 0 radical (unpaired) electrons. The second-order valence-electron chi connectivity index (χ2n) is 8.67. The van der Waals surface area contributed by atoms with Gasteiger partial charge in [0, 0.05) is 20.1 Å². The molecular formula is C23H32N6O5S2. The van der Waals surface area contributed by atoms with Crippen molar-refractivity contribution in [3.8, 4) is 17.1 Å². The van der Waals surface area contributed by atoms with Gasteiger partial charge in [0.2, 0.25) is 10.0 Å². The maximum atomic E-state index is 13.6. The minimum atomic E-state index is -4.25. The van der Waals surface area contributed by atoms with E-state index in [1.165, 1.54) is 12.1 Å². The molecule has 3 N–H and O–H groups in total. The van der Waals surface area contributed by atoms with Gasteiger partial charge >= 0.3 is 0 Å². The lowest BCUT2D eigenvalue weighted by molar-refractivity contribution is -0.106. The number of aliphatic hydroxyl groups excluding tert-OH is 2. The summed E-state index contributed by atoms with van der Waals surface area (Å²) in [6.45, 7) is 6.90. The number of nitrogens with one attached hydrogen (secondary N) is 1. The number of nitrogens with zero attached hydrogens (tertiary/aromatic N) is 5. The van der Waals surface area contributed by atoms with Crippen LogP contribution in [0.3, 0.4) is 0 Å². The molecule has 2 atom stereocenters. The van der Waals surface area contributed by atoms with Crippen molar-refractivity contribution in [1.82, 2.24) is 29.0 Å². The van der Waals surface area contributed by atoms with E-state index in [9.17, 15) is 18.6 Å². The number of aromatic nitrogens is 4. The molecule has 0 saturated carbocycles. The van der Waals surface area contributed by atoms with Gasteiger partial charge in [0.1, 0.15) is 29.5 Å². The van der Waals surface area contributed by atoms with Gasteiger partial charge in [-0.2, -0.15) is 5.10 Å². The van der Waals surface area contributed by atoms with E-state index in [1.807, 2.05) is 13.8 Å². The van der Waals surface area contributed by atoms with Crippen LogP contribution in [-0.4, -0.2) is 86.3 Å². The minimum absolute atomic E-state index is 0.100. The topological polar surface area (TPSA) is 137 Å². The molecule has 2 unspecified atom stereocenters. The number of aryl methyl sites for hydroxylation is 2. The molecule has 0 spiro atoms. The quantitative estimate of drug-likeness (QED) is 0.369. The normalized spacial score (nSPS) is 19.7. The molecule has 1 fully saturated rings.